The molecule has 0 amide bonds. The molecule has 1 aromatic rings. The van der Waals surface area contributed by atoms with E-state index >= 15 is 0 Å². The molecular formula is C13H19NO3. The summed E-state index contributed by atoms with van der Waals surface area (Å²) in [6.07, 6.45) is 2.08. The molecule has 0 fully saturated rings. The zero-order valence-electron chi connectivity index (χ0n) is 10.6. The molecule has 1 N–H and O–H groups in total. The van der Waals surface area contributed by atoms with Crippen molar-refractivity contribution in [3.63, 3.8) is 0 Å². The normalized spacial score (nSPS) is 14.8. The lowest BCUT2D eigenvalue weighted by atomic mass is 10.1. The van der Waals surface area contributed by atoms with E-state index in [4.69, 9.17) is 14.2 Å². The number of hydrogen-bond donors (Lipinski definition) is 1. The third kappa shape index (κ3) is 2.64. The van der Waals surface area contributed by atoms with E-state index < -0.39 is 0 Å². The van der Waals surface area contributed by atoms with Gasteiger partial charge < -0.3 is 19.5 Å². The van der Waals surface area contributed by atoms with Gasteiger partial charge >= 0.3 is 0 Å². The first-order chi connectivity index (χ1) is 8.24. The molecule has 0 spiro atoms. The zero-order chi connectivity index (χ0) is 12.3. The van der Waals surface area contributed by atoms with Crippen LogP contribution < -0.4 is 19.5 Å². The number of benzene rings is 1. The molecule has 1 atom stereocenters. The lowest BCUT2D eigenvalue weighted by Gasteiger charge is -2.11. The van der Waals surface area contributed by atoms with Gasteiger partial charge in [-0.3, -0.25) is 0 Å². The summed E-state index contributed by atoms with van der Waals surface area (Å²) in [5.74, 6) is 2.27. The molecule has 0 radical (unpaired) electrons. The van der Waals surface area contributed by atoms with Crippen LogP contribution in [0.25, 0.3) is 0 Å². The van der Waals surface area contributed by atoms with Gasteiger partial charge in [-0.25, -0.2) is 0 Å². The molecule has 1 aliphatic rings. The average molecular weight is 237 g/mol. The predicted molar refractivity (Wildman–Crippen MR) is 66.0 cm³/mol. The maximum atomic E-state index is 5.40. The van der Waals surface area contributed by atoms with E-state index in [1.54, 1.807) is 7.11 Å². The van der Waals surface area contributed by atoms with Crippen LogP contribution in [0.2, 0.25) is 0 Å². The Kier molecular flexibility index (Phi) is 3.74. The molecule has 17 heavy (non-hydrogen) atoms. The first kappa shape index (κ1) is 12.0. The van der Waals surface area contributed by atoms with Crippen LogP contribution in [-0.2, 0) is 6.42 Å². The van der Waals surface area contributed by atoms with Crippen molar-refractivity contribution >= 4 is 0 Å². The van der Waals surface area contributed by atoms with Crippen molar-refractivity contribution in [2.45, 2.75) is 25.8 Å². The van der Waals surface area contributed by atoms with Crippen LogP contribution in [-0.4, -0.2) is 27.0 Å². The fraction of sp³-hybridized carbons (Fsp3) is 0.538. The first-order valence-corrected chi connectivity index (χ1v) is 5.88. The molecule has 1 aromatic carbocycles. The highest BCUT2D eigenvalue weighted by molar-refractivity contribution is 5.55. The van der Waals surface area contributed by atoms with Crippen LogP contribution in [0.15, 0.2) is 12.1 Å². The Morgan fingerprint density at radius 1 is 1.41 bits per heavy atom. The van der Waals surface area contributed by atoms with Crippen molar-refractivity contribution in [2.24, 2.45) is 0 Å². The summed E-state index contributed by atoms with van der Waals surface area (Å²) < 4.78 is 16.1. The number of rotatable bonds is 5. The van der Waals surface area contributed by atoms with Crippen molar-refractivity contribution in [3.8, 4) is 17.2 Å². The highest BCUT2D eigenvalue weighted by Gasteiger charge is 2.19. The van der Waals surface area contributed by atoms with E-state index in [9.17, 15) is 0 Å². The molecule has 0 saturated carbocycles. The minimum absolute atomic E-state index is 0.280. The first-order valence-electron chi connectivity index (χ1n) is 5.88. The highest BCUT2D eigenvalue weighted by Crippen LogP contribution is 2.41. The smallest absolute Gasteiger partial charge is 0.231 e. The van der Waals surface area contributed by atoms with Gasteiger partial charge in [0, 0.05) is 6.04 Å². The number of nitrogens with one attached hydrogen (secondary N) is 1. The van der Waals surface area contributed by atoms with Gasteiger partial charge in [0.15, 0.2) is 11.5 Å². The van der Waals surface area contributed by atoms with Gasteiger partial charge in [-0.2, -0.15) is 0 Å². The Bertz CT molecular complexity index is 392. The van der Waals surface area contributed by atoms with E-state index in [-0.39, 0.29) is 6.79 Å². The van der Waals surface area contributed by atoms with E-state index in [1.165, 1.54) is 5.56 Å². The lowest BCUT2D eigenvalue weighted by molar-refractivity contribution is 0.171. The third-order valence-electron chi connectivity index (χ3n) is 3.08. The Morgan fingerprint density at radius 2 is 2.24 bits per heavy atom. The van der Waals surface area contributed by atoms with Crippen LogP contribution in [0.3, 0.4) is 0 Å². The van der Waals surface area contributed by atoms with Gasteiger partial charge in [0.2, 0.25) is 12.5 Å². The van der Waals surface area contributed by atoms with E-state index in [1.807, 2.05) is 19.2 Å². The quantitative estimate of drug-likeness (QED) is 0.850. The molecule has 0 aromatic heterocycles. The summed E-state index contributed by atoms with van der Waals surface area (Å²) in [5.41, 5.74) is 1.22. The Labute approximate surface area is 102 Å². The maximum absolute atomic E-state index is 5.40. The third-order valence-corrected chi connectivity index (χ3v) is 3.08. The zero-order valence-corrected chi connectivity index (χ0v) is 10.6. The number of methoxy groups -OCH3 is 1. The molecule has 1 aliphatic heterocycles. The summed E-state index contributed by atoms with van der Waals surface area (Å²) in [7, 11) is 3.63. The fourth-order valence-corrected chi connectivity index (χ4v) is 1.86. The van der Waals surface area contributed by atoms with Crippen molar-refractivity contribution in [1.82, 2.24) is 5.32 Å². The number of ether oxygens (including phenoxy) is 3. The number of fused-ring (bicyclic) bond motifs is 1. The number of aryl methyl sites for hydroxylation is 1. The molecule has 2 rings (SSSR count). The van der Waals surface area contributed by atoms with Gasteiger partial charge in [-0.05, 0) is 44.5 Å². The Morgan fingerprint density at radius 3 is 2.94 bits per heavy atom. The summed E-state index contributed by atoms with van der Waals surface area (Å²) in [5, 5.41) is 3.23. The van der Waals surface area contributed by atoms with Crippen molar-refractivity contribution < 1.29 is 14.2 Å². The Hall–Kier alpha value is -1.42. The SMILES string of the molecule is CNC(C)CCc1cc(OC)c2c(c1)OCO2. The molecule has 1 heterocycles. The van der Waals surface area contributed by atoms with Crippen molar-refractivity contribution in [3.05, 3.63) is 17.7 Å². The van der Waals surface area contributed by atoms with Gasteiger partial charge in [-0.15, -0.1) is 0 Å². The standard InChI is InChI=1S/C13H19NO3/c1-9(14-2)4-5-10-6-11(15-3)13-12(7-10)16-8-17-13/h6-7,9,14H,4-5,8H2,1-3H3. The van der Waals surface area contributed by atoms with Crippen LogP contribution >= 0.6 is 0 Å². The molecule has 0 saturated heterocycles. The van der Waals surface area contributed by atoms with Crippen LogP contribution in [0.5, 0.6) is 17.2 Å². The fourth-order valence-electron chi connectivity index (χ4n) is 1.86. The minimum Gasteiger partial charge on any atom is -0.493 e. The molecule has 4 heteroatoms. The van der Waals surface area contributed by atoms with Crippen molar-refractivity contribution in [2.75, 3.05) is 21.0 Å². The lowest BCUT2D eigenvalue weighted by Crippen LogP contribution is -2.21. The molecule has 4 nitrogen and oxygen atoms in total. The second kappa shape index (κ2) is 5.27. The Balaban J connectivity index is 2.13. The molecule has 0 aliphatic carbocycles. The molecular weight excluding hydrogens is 218 g/mol. The van der Waals surface area contributed by atoms with E-state index in [2.05, 4.69) is 12.2 Å². The van der Waals surface area contributed by atoms with Crippen LogP contribution in [0.4, 0.5) is 0 Å². The maximum Gasteiger partial charge on any atom is 0.231 e. The van der Waals surface area contributed by atoms with E-state index in [0.29, 0.717) is 6.04 Å². The summed E-state index contributed by atoms with van der Waals surface area (Å²) in [6, 6.07) is 4.56. The molecule has 0 bridgehead atoms. The average Bonchev–Trinajstić information content (AvgIpc) is 2.82. The largest absolute Gasteiger partial charge is 0.493 e. The minimum atomic E-state index is 0.280. The summed E-state index contributed by atoms with van der Waals surface area (Å²) >= 11 is 0. The predicted octanol–water partition coefficient (Wildman–Crippen LogP) is 1.96. The molecule has 1 unspecified atom stereocenters. The number of hydrogen-bond acceptors (Lipinski definition) is 4. The second-order valence-electron chi connectivity index (χ2n) is 4.26. The van der Waals surface area contributed by atoms with Gasteiger partial charge in [0.25, 0.3) is 0 Å². The van der Waals surface area contributed by atoms with Gasteiger partial charge in [-0.1, -0.05) is 0 Å². The second-order valence-corrected chi connectivity index (χ2v) is 4.26. The van der Waals surface area contributed by atoms with Gasteiger partial charge in [0.05, 0.1) is 7.11 Å². The summed E-state index contributed by atoms with van der Waals surface area (Å²) in [4.78, 5) is 0. The van der Waals surface area contributed by atoms with Crippen LogP contribution in [0, 0.1) is 0 Å². The highest BCUT2D eigenvalue weighted by atomic mass is 16.7. The monoisotopic (exact) mass is 237 g/mol. The van der Waals surface area contributed by atoms with Crippen LogP contribution in [0.1, 0.15) is 18.9 Å². The molecule has 94 valence electrons. The topological polar surface area (TPSA) is 39.7 Å². The van der Waals surface area contributed by atoms with E-state index in [0.717, 1.165) is 30.1 Å². The summed E-state index contributed by atoms with van der Waals surface area (Å²) in [6.45, 7) is 2.45. The van der Waals surface area contributed by atoms with Gasteiger partial charge in [0.1, 0.15) is 0 Å². The van der Waals surface area contributed by atoms with Crippen molar-refractivity contribution in [1.29, 1.82) is 0 Å².